The van der Waals surface area contributed by atoms with Gasteiger partial charge in [0.2, 0.25) is 23.4 Å². The fourth-order valence-corrected chi connectivity index (χ4v) is 6.16. The van der Waals surface area contributed by atoms with E-state index in [0.29, 0.717) is 35.8 Å². The van der Waals surface area contributed by atoms with Crippen LogP contribution in [0.5, 0.6) is 34.8 Å². The summed E-state index contributed by atoms with van der Waals surface area (Å²) in [6.45, 7) is 11.5. The van der Waals surface area contributed by atoms with E-state index < -0.39 is 33.4 Å². The van der Waals surface area contributed by atoms with E-state index >= 15 is 0 Å². The van der Waals surface area contributed by atoms with Crippen LogP contribution in [0.25, 0.3) is 0 Å². The lowest BCUT2D eigenvalue weighted by Crippen LogP contribution is -2.34. The third-order valence-corrected chi connectivity index (χ3v) is 9.11. The standard InChI is InChI=1S/C23H28N4O7.C21H24N4O7.CH4.H2O3.H5P3/c1-5-12-33-19-14-16(8-9-18(19)31-4)10-11-26(23(28)32-7-3)17-15-20(34-13-6-2)25-22(24)21(17)27(29)30;1-3-30-21(26)24-9-8-14-6-7-16(29-2)17(12-14)31-10-4-5-11-32-18-13-15(24)19(25(27)28)20(22)23-18;;2*1-3-2/h5-6,8-9,14-15H,1-2,7,10-13H2,3-4H3,(H2,24,25);4-7,12-13H,3,8-11H2,1-2H3,(H2,22,23);1H4;1-2H;3H,1-2H2/b;5-4+;;;. The van der Waals surface area contributed by atoms with Gasteiger partial charge < -0.3 is 49.4 Å². The van der Waals surface area contributed by atoms with Crippen molar-refractivity contribution in [2.45, 2.75) is 34.1 Å². The number of rotatable bonds is 16. The molecule has 2 atom stereocenters. The van der Waals surface area contributed by atoms with Crippen LogP contribution in [0, 0.1) is 20.2 Å². The lowest BCUT2D eigenvalue weighted by Gasteiger charge is -2.23. The zero-order valence-electron chi connectivity index (χ0n) is 39.9. The van der Waals surface area contributed by atoms with Gasteiger partial charge in [0.15, 0.2) is 23.0 Å². The lowest BCUT2D eigenvalue weighted by atomic mass is 10.1. The van der Waals surface area contributed by atoms with Gasteiger partial charge in [-0.25, -0.2) is 20.1 Å². The molecule has 0 radical (unpaired) electrons. The molecule has 4 aromatic rings. The summed E-state index contributed by atoms with van der Waals surface area (Å²) in [6.07, 6.45) is 5.69. The molecule has 4 bridgehead atoms. The molecular formula is C45H63N8O17P3. The summed E-state index contributed by atoms with van der Waals surface area (Å²) >= 11 is 0. The molecule has 2 amide bonds. The number of fused-ring (bicyclic) bond motifs is 4. The number of hydrogen-bond acceptors (Lipinski definition) is 21. The zero-order valence-corrected chi connectivity index (χ0v) is 43.2. The first kappa shape index (κ1) is 63.9. The maximum atomic E-state index is 12.8. The smallest absolute Gasteiger partial charge is 0.414 e. The molecule has 25 nitrogen and oxygen atoms in total. The summed E-state index contributed by atoms with van der Waals surface area (Å²) in [6, 6.07) is 13.3. The molecule has 0 saturated carbocycles. The molecule has 28 heteroatoms. The molecule has 5 rings (SSSR count). The minimum Gasteiger partial charge on any atom is -0.493 e. The minimum atomic E-state index is -0.775. The molecular weight excluding hydrogens is 1020 g/mol. The minimum absolute atomic E-state index is 0. The Hall–Kier alpha value is -7.13. The van der Waals surface area contributed by atoms with Crippen molar-refractivity contribution in [3.05, 3.63) is 117 Å². The maximum absolute atomic E-state index is 12.8. The highest BCUT2D eigenvalue weighted by molar-refractivity contribution is 8.33. The predicted octanol–water partition coefficient (Wildman–Crippen LogP) is 8.86. The summed E-state index contributed by atoms with van der Waals surface area (Å²) in [5, 5.41) is 39.0. The van der Waals surface area contributed by atoms with E-state index in [0.717, 1.165) is 28.9 Å². The second-order valence-corrected chi connectivity index (χ2v) is 18.0. The highest BCUT2D eigenvalue weighted by Gasteiger charge is 2.32. The lowest BCUT2D eigenvalue weighted by molar-refractivity contribution is -0.465. The number of amides is 2. The number of hydrogen-bond donors (Lipinski definition) is 4. The van der Waals surface area contributed by atoms with E-state index in [1.54, 1.807) is 69.5 Å². The second-order valence-electron chi connectivity index (χ2n) is 13.7. The molecule has 2 aromatic heterocycles. The SMILES string of the molecule is C.C=CCOc1cc(N(CCc2ccc(OC)c(OCC=C)c2)C(=O)OCC)c([N+](=O)[O-])c(N)n1.CCOC(=O)N1CCc2ccc(OC)c(c2)OC/C=C/COc2cc1c([N+](=O)[O-])c(N)n2.OOO.PPP. The van der Waals surface area contributed by atoms with Crippen molar-refractivity contribution in [1.82, 2.24) is 9.97 Å². The van der Waals surface area contributed by atoms with Gasteiger partial charge in [-0.3, -0.25) is 30.0 Å². The van der Waals surface area contributed by atoms with Crippen molar-refractivity contribution >= 4 is 72.4 Å². The number of nitrogen functional groups attached to an aromatic ring is 2. The quantitative estimate of drug-likeness (QED) is 0.0267. The molecule has 1 aliphatic heterocycles. The van der Waals surface area contributed by atoms with Crippen molar-refractivity contribution in [2.75, 3.05) is 88.2 Å². The molecule has 0 spiro atoms. The largest absolute Gasteiger partial charge is 0.493 e. The van der Waals surface area contributed by atoms with E-state index in [4.69, 9.17) is 59.9 Å². The van der Waals surface area contributed by atoms with Crippen molar-refractivity contribution in [1.29, 1.82) is 0 Å². The normalized spacial score (nSPS) is 11.7. The van der Waals surface area contributed by atoms with Crippen LogP contribution in [0.4, 0.5) is 44.0 Å². The second kappa shape index (κ2) is 35.1. The Kier molecular flexibility index (Phi) is 30.7. The summed E-state index contributed by atoms with van der Waals surface area (Å²) < 4.78 is 43.3. The third-order valence-electron chi connectivity index (χ3n) is 9.11. The number of nitro groups is 2. The number of nitrogens with zero attached hydrogens (tertiary/aromatic N) is 6. The molecule has 73 heavy (non-hydrogen) atoms. The molecule has 0 fully saturated rings. The van der Waals surface area contributed by atoms with Crippen LogP contribution in [0.15, 0.2) is 86.0 Å². The molecule has 0 aliphatic carbocycles. The van der Waals surface area contributed by atoms with E-state index in [1.807, 2.05) is 6.07 Å². The number of nitrogens with two attached hydrogens (primary N) is 2. The average Bonchev–Trinajstić information content (AvgIpc) is 3.34. The van der Waals surface area contributed by atoms with Gasteiger partial charge in [0, 0.05) is 25.2 Å². The first-order valence-electron chi connectivity index (χ1n) is 21.2. The zero-order chi connectivity index (χ0) is 53.6. The Morgan fingerprint density at radius 1 is 0.863 bits per heavy atom. The van der Waals surface area contributed by atoms with Crippen molar-refractivity contribution < 1.29 is 72.9 Å². The maximum Gasteiger partial charge on any atom is 0.414 e. The van der Waals surface area contributed by atoms with E-state index in [1.165, 1.54) is 25.3 Å². The molecule has 6 N–H and O–H groups in total. The summed E-state index contributed by atoms with van der Waals surface area (Å²) in [5.74, 6) is 1.43. The number of ether oxygens (including phenoxy) is 8. The van der Waals surface area contributed by atoms with Gasteiger partial charge in [-0.05, 0) is 74.2 Å². The van der Waals surface area contributed by atoms with Gasteiger partial charge in [-0.1, -0.05) is 57.9 Å². The van der Waals surface area contributed by atoms with Gasteiger partial charge in [0.05, 0.1) is 37.3 Å². The van der Waals surface area contributed by atoms with E-state index in [2.05, 4.69) is 46.0 Å². The van der Waals surface area contributed by atoms with Crippen molar-refractivity contribution in [2.24, 2.45) is 0 Å². The molecule has 2 aromatic carbocycles. The van der Waals surface area contributed by atoms with Crippen LogP contribution in [-0.4, -0.2) is 109 Å². The summed E-state index contributed by atoms with van der Waals surface area (Å²) in [5.41, 5.74) is 12.1. The Morgan fingerprint density at radius 2 is 1.45 bits per heavy atom. The molecule has 2 unspecified atom stereocenters. The molecule has 1 aliphatic rings. The topological polar surface area (TPSA) is 328 Å². The van der Waals surface area contributed by atoms with E-state index in [-0.39, 0.29) is 94.9 Å². The monoisotopic (exact) mass is 1080 g/mol. The van der Waals surface area contributed by atoms with Crippen molar-refractivity contribution in [3.63, 3.8) is 0 Å². The predicted molar refractivity (Wildman–Crippen MR) is 285 cm³/mol. The number of pyridine rings is 2. The number of aromatic nitrogens is 2. The third kappa shape index (κ3) is 20.5. The van der Waals surface area contributed by atoms with Gasteiger partial charge >= 0.3 is 23.6 Å². The fraction of sp³-hybridized carbons (Fsp3) is 0.333. The van der Waals surface area contributed by atoms with Crippen LogP contribution in [0.2, 0.25) is 0 Å². The van der Waals surface area contributed by atoms with Gasteiger partial charge in [0.25, 0.3) is 0 Å². The van der Waals surface area contributed by atoms with Crippen LogP contribution in [-0.2, 0) is 27.4 Å². The number of benzene rings is 2. The number of anilines is 4. The number of carbonyl (C=O) groups is 2. The van der Waals surface area contributed by atoms with Crippen LogP contribution >= 0.6 is 25.8 Å². The Balaban J connectivity index is 0.000000651. The van der Waals surface area contributed by atoms with Gasteiger partial charge in [0.1, 0.15) is 37.8 Å². The molecule has 0 saturated heterocycles. The van der Waals surface area contributed by atoms with Crippen LogP contribution in [0.1, 0.15) is 32.4 Å². The molecule has 3 heterocycles. The first-order valence-corrected chi connectivity index (χ1v) is 25.9. The van der Waals surface area contributed by atoms with Crippen LogP contribution in [0.3, 0.4) is 0 Å². The number of methoxy groups -OCH3 is 2. The highest BCUT2D eigenvalue weighted by Crippen LogP contribution is 2.39. The average molecular weight is 1080 g/mol. The molecule has 400 valence electrons. The fourth-order valence-electron chi connectivity index (χ4n) is 6.16. The number of carbonyl (C=O) groups excluding carboxylic acids is 2. The van der Waals surface area contributed by atoms with Crippen molar-refractivity contribution in [3.8, 4) is 34.8 Å². The summed E-state index contributed by atoms with van der Waals surface area (Å²) in [7, 11) is 9.12. The van der Waals surface area contributed by atoms with Gasteiger partial charge in [-0.15, -0.1) is 17.9 Å². The van der Waals surface area contributed by atoms with E-state index in [9.17, 15) is 29.8 Å². The summed E-state index contributed by atoms with van der Waals surface area (Å²) in [4.78, 5) is 57.8. The Morgan fingerprint density at radius 3 is 2.04 bits per heavy atom. The van der Waals surface area contributed by atoms with Gasteiger partial charge in [-0.2, -0.15) is 9.97 Å². The Labute approximate surface area is 428 Å². The van der Waals surface area contributed by atoms with Crippen LogP contribution < -0.4 is 49.7 Å². The Bertz CT molecular complexity index is 2450. The highest BCUT2D eigenvalue weighted by atomic mass is 32.4. The first-order chi connectivity index (χ1) is 34.6.